The standard InChI is InChI=1S/C17H18OS2/c1-12-7-9-13(10-8-12)17(2,11-18)16-19-14-5-3-4-6-15(14)20-16/h3-10,16,18H,11H2,1-2H3/t17-/m0/s1. The Morgan fingerprint density at radius 1 is 1.00 bits per heavy atom. The Bertz CT molecular complexity index is 584. The van der Waals surface area contributed by atoms with E-state index in [0.29, 0.717) is 4.58 Å². The number of aliphatic hydroxyl groups is 1. The lowest BCUT2D eigenvalue weighted by atomic mass is 9.84. The van der Waals surface area contributed by atoms with E-state index < -0.39 is 0 Å². The van der Waals surface area contributed by atoms with Gasteiger partial charge in [-0.3, -0.25) is 0 Å². The van der Waals surface area contributed by atoms with Gasteiger partial charge in [0.1, 0.15) is 0 Å². The Morgan fingerprint density at radius 3 is 2.05 bits per heavy atom. The van der Waals surface area contributed by atoms with E-state index in [1.807, 2.05) is 23.5 Å². The molecule has 2 aromatic carbocycles. The zero-order valence-electron chi connectivity index (χ0n) is 11.7. The lowest BCUT2D eigenvalue weighted by Crippen LogP contribution is -2.35. The number of hydrogen-bond donors (Lipinski definition) is 1. The predicted octanol–water partition coefficient (Wildman–Crippen LogP) is 4.47. The highest BCUT2D eigenvalue weighted by molar-refractivity contribution is 8.19. The third-order valence-corrected chi connectivity index (χ3v) is 7.27. The van der Waals surface area contributed by atoms with Crippen molar-refractivity contribution in [3.8, 4) is 0 Å². The first-order valence-corrected chi connectivity index (χ1v) is 8.50. The van der Waals surface area contributed by atoms with Gasteiger partial charge in [0, 0.05) is 15.2 Å². The maximum Gasteiger partial charge on any atom is 0.0713 e. The molecule has 20 heavy (non-hydrogen) atoms. The molecule has 1 heterocycles. The molecular weight excluding hydrogens is 284 g/mol. The normalized spacial score (nSPS) is 17.8. The van der Waals surface area contributed by atoms with Crippen LogP contribution in [0.15, 0.2) is 58.3 Å². The molecule has 1 N–H and O–H groups in total. The van der Waals surface area contributed by atoms with Crippen LogP contribution in [0.4, 0.5) is 0 Å². The quantitative estimate of drug-likeness (QED) is 0.903. The van der Waals surface area contributed by atoms with Gasteiger partial charge in [-0.2, -0.15) is 0 Å². The van der Waals surface area contributed by atoms with Gasteiger partial charge in [0.15, 0.2) is 0 Å². The van der Waals surface area contributed by atoms with Gasteiger partial charge in [-0.25, -0.2) is 0 Å². The molecule has 1 aliphatic heterocycles. The number of hydrogen-bond acceptors (Lipinski definition) is 3. The largest absolute Gasteiger partial charge is 0.395 e. The van der Waals surface area contributed by atoms with Gasteiger partial charge >= 0.3 is 0 Å². The van der Waals surface area contributed by atoms with Gasteiger partial charge in [-0.05, 0) is 24.6 Å². The maximum absolute atomic E-state index is 10.0. The summed E-state index contributed by atoms with van der Waals surface area (Å²) in [7, 11) is 0. The van der Waals surface area contributed by atoms with Crippen LogP contribution in [0.2, 0.25) is 0 Å². The van der Waals surface area contributed by atoms with Gasteiger partial charge in [-0.1, -0.05) is 48.9 Å². The number of benzene rings is 2. The molecule has 3 rings (SSSR count). The number of aryl methyl sites for hydroxylation is 1. The number of fused-ring (bicyclic) bond motifs is 1. The van der Waals surface area contributed by atoms with E-state index in [1.165, 1.54) is 20.9 Å². The Kier molecular flexibility index (Phi) is 3.85. The molecule has 1 atom stereocenters. The van der Waals surface area contributed by atoms with Crippen LogP contribution in [0, 0.1) is 6.92 Å². The Hall–Kier alpha value is -0.900. The van der Waals surface area contributed by atoms with Crippen LogP contribution in [-0.2, 0) is 5.41 Å². The van der Waals surface area contributed by atoms with Gasteiger partial charge in [0.05, 0.1) is 11.2 Å². The smallest absolute Gasteiger partial charge is 0.0713 e. The highest BCUT2D eigenvalue weighted by Crippen LogP contribution is 2.54. The minimum absolute atomic E-state index is 0.161. The lowest BCUT2D eigenvalue weighted by Gasteiger charge is -2.33. The van der Waals surface area contributed by atoms with Crippen LogP contribution < -0.4 is 0 Å². The van der Waals surface area contributed by atoms with Crippen molar-refractivity contribution >= 4 is 23.5 Å². The van der Waals surface area contributed by atoms with Crippen molar-refractivity contribution in [2.45, 2.75) is 33.6 Å². The van der Waals surface area contributed by atoms with Crippen molar-refractivity contribution in [2.75, 3.05) is 6.61 Å². The van der Waals surface area contributed by atoms with Crippen molar-refractivity contribution in [2.24, 2.45) is 0 Å². The minimum Gasteiger partial charge on any atom is -0.395 e. The van der Waals surface area contributed by atoms with Crippen LogP contribution in [0.1, 0.15) is 18.1 Å². The van der Waals surface area contributed by atoms with Gasteiger partial charge < -0.3 is 5.11 Å². The SMILES string of the molecule is Cc1ccc([C@](C)(CO)C2Sc3ccccc3S2)cc1. The first-order chi connectivity index (χ1) is 9.63. The van der Waals surface area contributed by atoms with Crippen molar-refractivity contribution < 1.29 is 5.11 Å². The Labute approximate surface area is 128 Å². The summed E-state index contributed by atoms with van der Waals surface area (Å²) in [6, 6.07) is 17.0. The fourth-order valence-electron chi connectivity index (χ4n) is 2.40. The third kappa shape index (κ3) is 2.39. The van der Waals surface area contributed by atoms with Crippen LogP contribution in [-0.4, -0.2) is 16.3 Å². The molecule has 0 amide bonds. The molecular formula is C17H18OS2. The topological polar surface area (TPSA) is 20.2 Å². The zero-order chi connectivity index (χ0) is 14.2. The van der Waals surface area contributed by atoms with E-state index in [1.54, 1.807) is 0 Å². The Morgan fingerprint density at radius 2 is 1.55 bits per heavy atom. The molecule has 3 heteroatoms. The van der Waals surface area contributed by atoms with E-state index in [2.05, 4.69) is 62.4 Å². The number of rotatable bonds is 3. The second-order valence-corrected chi connectivity index (χ2v) is 8.05. The molecule has 0 radical (unpaired) electrons. The van der Waals surface area contributed by atoms with Crippen LogP contribution in [0.5, 0.6) is 0 Å². The summed E-state index contributed by atoms with van der Waals surface area (Å²) in [6.07, 6.45) is 0. The average molecular weight is 302 g/mol. The Balaban J connectivity index is 1.93. The summed E-state index contributed by atoms with van der Waals surface area (Å²) >= 11 is 3.74. The molecule has 0 saturated carbocycles. The number of aliphatic hydroxyl groups excluding tert-OH is 1. The van der Waals surface area contributed by atoms with Gasteiger partial charge in [-0.15, -0.1) is 23.5 Å². The summed E-state index contributed by atoms with van der Waals surface area (Å²) in [4.78, 5) is 2.66. The summed E-state index contributed by atoms with van der Waals surface area (Å²) in [5.41, 5.74) is 2.23. The molecule has 2 aromatic rings. The molecule has 1 nitrogen and oxygen atoms in total. The highest BCUT2D eigenvalue weighted by Gasteiger charge is 2.40. The van der Waals surface area contributed by atoms with Crippen molar-refractivity contribution in [3.63, 3.8) is 0 Å². The summed E-state index contributed by atoms with van der Waals surface area (Å²) < 4.78 is 0.313. The molecule has 0 unspecified atom stereocenters. The molecule has 0 aromatic heterocycles. The fraction of sp³-hybridized carbons (Fsp3) is 0.294. The zero-order valence-corrected chi connectivity index (χ0v) is 13.3. The number of thioether (sulfide) groups is 2. The molecule has 104 valence electrons. The minimum atomic E-state index is -0.234. The second kappa shape index (κ2) is 5.47. The van der Waals surface area contributed by atoms with Crippen molar-refractivity contribution in [1.29, 1.82) is 0 Å². The molecule has 0 spiro atoms. The van der Waals surface area contributed by atoms with Gasteiger partial charge in [0.25, 0.3) is 0 Å². The molecule has 0 fully saturated rings. The van der Waals surface area contributed by atoms with E-state index in [9.17, 15) is 5.11 Å². The van der Waals surface area contributed by atoms with Gasteiger partial charge in [0.2, 0.25) is 0 Å². The molecule has 0 saturated heterocycles. The van der Waals surface area contributed by atoms with E-state index in [-0.39, 0.29) is 12.0 Å². The van der Waals surface area contributed by atoms with Crippen molar-refractivity contribution in [1.82, 2.24) is 0 Å². The summed E-state index contributed by atoms with van der Waals surface area (Å²) in [5, 5.41) is 10.0. The molecule has 1 aliphatic rings. The highest BCUT2D eigenvalue weighted by atomic mass is 32.2. The van der Waals surface area contributed by atoms with E-state index >= 15 is 0 Å². The van der Waals surface area contributed by atoms with Crippen molar-refractivity contribution in [3.05, 3.63) is 59.7 Å². The fourth-order valence-corrected chi connectivity index (χ4v) is 5.58. The molecule has 0 aliphatic carbocycles. The predicted molar refractivity (Wildman–Crippen MR) is 87.6 cm³/mol. The van der Waals surface area contributed by atoms with Crippen LogP contribution in [0.3, 0.4) is 0 Å². The third-order valence-electron chi connectivity index (χ3n) is 3.88. The average Bonchev–Trinajstić information content (AvgIpc) is 2.91. The maximum atomic E-state index is 10.0. The van der Waals surface area contributed by atoms with Crippen LogP contribution >= 0.6 is 23.5 Å². The lowest BCUT2D eigenvalue weighted by molar-refractivity contribution is 0.217. The first kappa shape index (κ1) is 14.1. The van der Waals surface area contributed by atoms with E-state index in [0.717, 1.165) is 0 Å². The van der Waals surface area contributed by atoms with E-state index in [4.69, 9.17) is 0 Å². The van der Waals surface area contributed by atoms with Crippen LogP contribution in [0.25, 0.3) is 0 Å². The molecule has 0 bridgehead atoms. The summed E-state index contributed by atoms with van der Waals surface area (Å²) in [6.45, 7) is 4.41. The second-order valence-electron chi connectivity index (χ2n) is 5.46. The monoisotopic (exact) mass is 302 g/mol. The summed E-state index contributed by atoms with van der Waals surface area (Å²) in [5.74, 6) is 0. The first-order valence-electron chi connectivity index (χ1n) is 6.74.